The minimum atomic E-state index is -0.210. The highest BCUT2D eigenvalue weighted by atomic mass is 16.5. The Bertz CT molecular complexity index is 702. The minimum absolute atomic E-state index is 0.210. The number of carbonyl (C=O) groups is 1. The van der Waals surface area contributed by atoms with Crippen LogP contribution < -0.4 is 14.8 Å². The fourth-order valence-corrected chi connectivity index (χ4v) is 3.16. The molecule has 0 aromatic heterocycles. The van der Waals surface area contributed by atoms with Crippen LogP contribution >= 0.6 is 0 Å². The molecular weight excluding hydrogens is 290 g/mol. The van der Waals surface area contributed by atoms with Crippen LogP contribution in [0.15, 0.2) is 36.4 Å². The van der Waals surface area contributed by atoms with E-state index in [1.54, 1.807) is 32.4 Å². The normalized spacial score (nSPS) is 13.1. The van der Waals surface area contributed by atoms with Gasteiger partial charge in [-0.25, -0.2) is 0 Å². The second-order valence-corrected chi connectivity index (χ2v) is 5.64. The maximum atomic E-state index is 12.8. The molecule has 0 heterocycles. The van der Waals surface area contributed by atoms with Crippen molar-refractivity contribution in [3.8, 4) is 11.5 Å². The number of methoxy groups -OCH3 is 2. The third-order valence-corrected chi connectivity index (χ3v) is 4.30. The van der Waals surface area contributed by atoms with Crippen molar-refractivity contribution in [2.24, 2.45) is 0 Å². The van der Waals surface area contributed by atoms with Crippen molar-refractivity contribution in [3.63, 3.8) is 0 Å². The van der Waals surface area contributed by atoms with Crippen molar-refractivity contribution in [1.29, 1.82) is 0 Å². The summed E-state index contributed by atoms with van der Waals surface area (Å²) >= 11 is 0. The molecule has 4 heteroatoms. The van der Waals surface area contributed by atoms with Gasteiger partial charge >= 0.3 is 0 Å². The van der Waals surface area contributed by atoms with E-state index in [0.717, 1.165) is 24.9 Å². The Hall–Kier alpha value is -2.49. The lowest BCUT2D eigenvalue weighted by atomic mass is 9.90. The van der Waals surface area contributed by atoms with Crippen LogP contribution in [0, 0.1) is 0 Å². The van der Waals surface area contributed by atoms with E-state index in [9.17, 15) is 4.79 Å². The van der Waals surface area contributed by atoms with E-state index in [1.165, 1.54) is 17.5 Å². The zero-order valence-electron chi connectivity index (χ0n) is 13.5. The van der Waals surface area contributed by atoms with Crippen molar-refractivity contribution >= 4 is 11.6 Å². The first-order valence-corrected chi connectivity index (χ1v) is 7.87. The Labute approximate surface area is 136 Å². The molecule has 1 N–H and O–H groups in total. The van der Waals surface area contributed by atoms with Crippen molar-refractivity contribution < 1.29 is 14.3 Å². The van der Waals surface area contributed by atoms with Gasteiger partial charge in [0.2, 0.25) is 0 Å². The molecule has 1 aliphatic carbocycles. The molecule has 0 atom stereocenters. The molecule has 0 radical (unpaired) electrons. The molecule has 0 saturated carbocycles. The molecule has 120 valence electrons. The van der Waals surface area contributed by atoms with Crippen LogP contribution in [0.2, 0.25) is 0 Å². The van der Waals surface area contributed by atoms with E-state index in [0.29, 0.717) is 17.1 Å². The van der Waals surface area contributed by atoms with Crippen LogP contribution in [0.25, 0.3) is 0 Å². The lowest BCUT2D eigenvalue weighted by molar-refractivity contribution is 0.102. The van der Waals surface area contributed by atoms with Gasteiger partial charge in [-0.15, -0.1) is 0 Å². The average Bonchev–Trinajstić information content (AvgIpc) is 2.61. The first-order chi connectivity index (χ1) is 11.2. The summed E-state index contributed by atoms with van der Waals surface area (Å²) in [5.41, 5.74) is 3.90. The zero-order chi connectivity index (χ0) is 16.2. The molecule has 2 aromatic rings. The summed E-state index contributed by atoms with van der Waals surface area (Å²) in [6.07, 6.45) is 4.47. The number of hydrogen-bond acceptors (Lipinski definition) is 3. The lowest BCUT2D eigenvalue weighted by Gasteiger charge is -2.20. The largest absolute Gasteiger partial charge is 0.496 e. The van der Waals surface area contributed by atoms with Gasteiger partial charge < -0.3 is 14.8 Å². The molecule has 3 rings (SSSR count). The Morgan fingerprint density at radius 2 is 1.61 bits per heavy atom. The van der Waals surface area contributed by atoms with Crippen LogP contribution in [0.5, 0.6) is 11.5 Å². The van der Waals surface area contributed by atoms with Gasteiger partial charge in [0.25, 0.3) is 5.91 Å². The molecule has 4 nitrogen and oxygen atoms in total. The molecule has 2 aromatic carbocycles. The molecular formula is C19H21NO3. The Morgan fingerprint density at radius 3 is 2.30 bits per heavy atom. The smallest absolute Gasteiger partial charge is 0.263 e. The summed E-state index contributed by atoms with van der Waals surface area (Å²) in [6.45, 7) is 0. The molecule has 23 heavy (non-hydrogen) atoms. The van der Waals surface area contributed by atoms with Crippen molar-refractivity contribution in [2.45, 2.75) is 25.7 Å². The van der Waals surface area contributed by atoms with E-state index >= 15 is 0 Å². The van der Waals surface area contributed by atoms with Crippen molar-refractivity contribution in [1.82, 2.24) is 0 Å². The number of hydrogen-bond donors (Lipinski definition) is 1. The first kappa shape index (κ1) is 15.4. The van der Waals surface area contributed by atoms with Crippen molar-refractivity contribution in [2.75, 3.05) is 19.5 Å². The number of ether oxygens (including phenoxy) is 2. The molecule has 0 spiro atoms. The summed E-state index contributed by atoms with van der Waals surface area (Å²) in [5, 5.41) is 3.04. The Morgan fingerprint density at radius 1 is 0.957 bits per heavy atom. The van der Waals surface area contributed by atoms with Gasteiger partial charge in [-0.3, -0.25) is 4.79 Å². The number of rotatable bonds is 4. The number of anilines is 1. The summed E-state index contributed by atoms with van der Waals surface area (Å²) in [4.78, 5) is 12.8. The van der Waals surface area contributed by atoms with Crippen molar-refractivity contribution in [3.05, 3.63) is 53.1 Å². The highest BCUT2D eigenvalue weighted by Gasteiger charge is 2.20. The topological polar surface area (TPSA) is 47.6 Å². The SMILES string of the molecule is COc1cccc(OC)c1C(=O)Nc1cccc2c1CCCC2. The van der Waals surface area contributed by atoms with Gasteiger partial charge in [-0.1, -0.05) is 18.2 Å². The van der Waals surface area contributed by atoms with Crippen LogP contribution in [0.1, 0.15) is 34.3 Å². The lowest BCUT2D eigenvalue weighted by Crippen LogP contribution is -2.17. The Balaban J connectivity index is 1.94. The van der Waals surface area contributed by atoms with E-state index in [2.05, 4.69) is 11.4 Å². The summed E-state index contributed by atoms with van der Waals surface area (Å²) in [7, 11) is 3.10. The van der Waals surface area contributed by atoms with E-state index in [-0.39, 0.29) is 5.91 Å². The second-order valence-electron chi connectivity index (χ2n) is 5.64. The van der Waals surface area contributed by atoms with Gasteiger partial charge in [-0.2, -0.15) is 0 Å². The van der Waals surface area contributed by atoms with E-state index in [4.69, 9.17) is 9.47 Å². The minimum Gasteiger partial charge on any atom is -0.496 e. The van der Waals surface area contributed by atoms with E-state index < -0.39 is 0 Å². The number of carbonyl (C=O) groups excluding carboxylic acids is 1. The molecule has 0 unspecified atom stereocenters. The fourth-order valence-electron chi connectivity index (χ4n) is 3.16. The monoisotopic (exact) mass is 311 g/mol. The van der Waals surface area contributed by atoms with Gasteiger partial charge in [0, 0.05) is 5.69 Å². The summed E-state index contributed by atoms with van der Waals surface area (Å²) < 4.78 is 10.6. The number of aryl methyl sites for hydroxylation is 1. The van der Waals surface area contributed by atoms with Crippen LogP contribution in [0.3, 0.4) is 0 Å². The third-order valence-electron chi connectivity index (χ3n) is 4.30. The maximum absolute atomic E-state index is 12.8. The molecule has 1 amide bonds. The summed E-state index contributed by atoms with van der Waals surface area (Å²) in [5.74, 6) is 0.802. The van der Waals surface area contributed by atoms with Crippen LogP contribution in [-0.2, 0) is 12.8 Å². The Kier molecular flexibility index (Phi) is 4.51. The van der Waals surface area contributed by atoms with Gasteiger partial charge in [0.15, 0.2) is 0 Å². The predicted octanol–water partition coefficient (Wildman–Crippen LogP) is 3.83. The number of nitrogens with one attached hydrogen (secondary N) is 1. The zero-order valence-corrected chi connectivity index (χ0v) is 13.5. The predicted molar refractivity (Wildman–Crippen MR) is 90.6 cm³/mol. The third kappa shape index (κ3) is 3.02. The second kappa shape index (κ2) is 6.73. The fraction of sp³-hybridized carbons (Fsp3) is 0.316. The van der Waals surface area contributed by atoms with Crippen LogP contribution in [0.4, 0.5) is 5.69 Å². The maximum Gasteiger partial charge on any atom is 0.263 e. The van der Waals surface area contributed by atoms with Crippen LogP contribution in [-0.4, -0.2) is 20.1 Å². The molecule has 0 aliphatic heterocycles. The number of amides is 1. The van der Waals surface area contributed by atoms with Gasteiger partial charge in [-0.05, 0) is 55.0 Å². The van der Waals surface area contributed by atoms with Gasteiger partial charge in [0.1, 0.15) is 17.1 Å². The molecule has 0 bridgehead atoms. The number of benzene rings is 2. The highest BCUT2D eigenvalue weighted by molar-refractivity contribution is 6.08. The standard InChI is InChI=1S/C19H21NO3/c1-22-16-11-6-12-17(23-2)18(16)19(21)20-15-10-5-8-13-7-3-4-9-14(13)15/h5-6,8,10-12H,3-4,7,9H2,1-2H3,(H,20,21). The molecule has 0 fully saturated rings. The average molecular weight is 311 g/mol. The molecule has 0 saturated heterocycles. The summed E-state index contributed by atoms with van der Waals surface area (Å²) in [6, 6.07) is 11.4. The highest BCUT2D eigenvalue weighted by Crippen LogP contribution is 2.31. The first-order valence-electron chi connectivity index (χ1n) is 7.87. The van der Waals surface area contributed by atoms with E-state index in [1.807, 2.05) is 12.1 Å². The molecule has 1 aliphatic rings. The quantitative estimate of drug-likeness (QED) is 0.933. The van der Waals surface area contributed by atoms with Gasteiger partial charge in [0.05, 0.1) is 14.2 Å². The number of fused-ring (bicyclic) bond motifs is 1.